The number of carbonyl (C=O) groups is 2. The first-order valence-electron chi connectivity index (χ1n) is 5.85. The van der Waals surface area contributed by atoms with Crippen molar-refractivity contribution in [1.29, 1.82) is 0 Å². The third kappa shape index (κ3) is 4.18. The average molecular weight is 228 g/mol. The molecule has 0 bridgehead atoms. The molecule has 1 amide bonds. The molecule has 1 heterocycles. The van der Waals surface area contributed by atoms with Crippen LogP contribution in [0.1, 0.15) is 26.2 Å². The van der Waals surface area contributed by atoms with Gasteiger partial charge in [-0.1, -0.05) is 6.92 Å². The van der Waals surface area contributed by atoms with Crippen LogP contribution < -0.4 is 0 Å². The van der Waals surface area contributed by atoms with Crippen LogP contribution in [-0.4, -0.2) is 59.5 Å². The molecule has 5 nitrogen and oxygen atoms in total. The van der Waals surface area contributed by atoms with E-state index >= 15 is 0 Å². The zero-order chi connectivity index (χ0) is 12.0. The Morgan fingerprint density at radius 3 is 2.25 bits per heavy atom. The van der Waals surface area contributed by atoms with Crippen LogP contribution in [0.4, 0.5) is 0 Å². The first-order chi connectivity index (χ1) is 7.63. The van der Waals surface area contributed by atoms with E-state index in [4.69, 9.17) is 5.11 Å². The number of hydrogen-bond donors (Lipinski definition) is 1. The number of carboxylic acids is 1. The Hall–Kier alpha value is -1.10. The van der Waals surface area contributed by atoms with Crippen molar-refractivity contribution >= 4 is 11.9 Å². The molecule has 0 saturated carbocycles. The Morgan fingerprint density at radius 1 is 1.12 bits per heavy atom. The summed E-state index contributed by atoms with van der Waals surface area (Å²) < 4.78 is 0. The molecule has 0 aliphatic carbocycles. The lowest BCUT2D eigenvalue weighted by Gasteiger charge is -2.34. The van der Waals surface area contributed by atoms with Gasteiger partial charge in [-0.2, -0.15) is 0 Å². The summed E-state index contributed by atoms with van der Waals surface area (Å²) in [5.74, 6) is -0.736. The summed E-state index contributed by atoms with van der Waals surface area (Å²) >= 11 is 0. The van der Waals surface area contributed by atoms with Gasteiger partial charge in [0.1, 0.15) is 0 Å². The molecule has 1 fully saturated rings. The fourth-order valence-electron chi connectivity index (χ4n) is 1.86. The Kier molecular flexibility index (Phi) is 5.25. The molecule has 1 N–H and O–H groups in total. The van der Waals surface area contributed by atoms with Gasteiger partial charge in [0.25, 0.3) is 0 Å². The van der Waals surface area contributed by atoms with Crippen molar-refractivity contribution in [3.05, 3.63) is 0 Å². The molecule has 92 valence electrons. The van der Waals surface area contributed by atoms with Gasteiger partial charge in [0.2, 0.25) is 5.91 Å². The van der Waals surface area contributed by atoms with Crippen molar-refractivity contribution in [2.75, 3.05) is 32.7 Å². The van der Waals surface area contributed by atoms with Gasteiger partial charge in [0.05, 0.1) is 0 Å². The van der Waals surface area contributed by atoms with Gasteiger partial charge in [0.15, 0.2) is 0 Å². The van der Waals surface area contributed by atoms with Crippen LogP contribution in [-0.2, 0) is 9.59 Å². The van der Waals surface area contributed by atoms with Crippen molar-refractivity contribution in [2.24, 2.45) is 0 Å². The minimum atomic E-state index is -0.830. The van der Waals surface area contributed by atoms with Crippen molar-refractivity contribution in [3.8, 4) is 0 Å². The lowest BCUT2D eigenvalue weighted by molar-refractivity contribution is -0.137. The van der Waals surface area contributed by atoms with E-state index in [0.717, 1.165) is 32.7 Å². The van der Waals surface area contributed by atoms with Crippen LogP contribution >= 0.6 is 0 Å². The maximum atomic E-state index is 11.7. The lowest BCUT2D eigenvalue weighted by Crippen LogP contribution is -2.48. The Labute approximate surface area is 96.0 Å². The van der Waals surface area contributed by atoms with E-state index < -0.39 is 5.97 Å². The first-order valence-corrected chi connectivity index (χ1v) is 5.85. The third-order valence-electron chi connectivity index (χ3n) is 2.95. The normalized spacial score (nSPS) is 17.4. The maximum Gasteiger partial charge on any atom is 0.303 e. The van der Waals surface area contributed by atoms with Crippen LogP contribution in [0.2, 0.25) is 0 Å². The van der Waals surface area contributed by atoms with Crippen molar-refractivity contribution < 1.29 is 14.7 Å². The number of likely N-dealkylation sites (N-methyl/N-ethyl adjacent to an activating group) is 1. The van der Waals surface area contributed by atoms with Crippen LogP contribution in [0, 0.1) is 0 Å². The average Bonchev–Trinajstić information content (AvgIpc) is 2.28. The summed E-state index contributed by atoms with van der Waals surface area (Å²) in [5, 5.41) is 8.47. The van der Waals surface area contributed by atoms with Gasteiger partial charge in [0, 0.05) is 39.0 Å². The van der Waals surface area contributed by atoms with Gasteiger partial charge in [-0.15, -0.1) is 0 Å². The van der Waals surface area contributed by atoms with Crippen LogP contribution in [0.15, 0.2) is 0 Å². The lowest BCUT2D eigenvalue weighted by atomic mass is 10.2. The van der Waals surface area contributed by atoms with E-state index in [9.17, 15) is 9.59 Å². The van der Waals surface area contributed by atoms with Crippen LogP contribution in [0.3, 0.4) is 0 Å². The largest absolute Gasteiger partial charge is 0.481 e. The van der Waals surface area contributed by atoms with Gasteiger partial charge in [-0.3, -0.25) is 9.59 Å². The van der Waals surface area contributed by atoms with Crippen LogP contribution in [0.5, 0.6) is 0 Å². The number of aliphatic carboxylic acids is 1. The van der Waals surface area contributed by atoms with E-state index in [0.29, 0.717) is 12.8 Å². The Bertz CT molecular complexity index is 248. The molecule has 0 atom stereocenters. The monoisotopic (exact) mass is 228 g/mol. The summed E-state index contributed by atoms with van der Waals surface area (Å²) in [6.07, 6.45) is 0.890. The van der Waals surface area contributed by atoms with Crippen molar-refractivity contribution in [3.63, 3.8) is 0 Å². The van der Waals surface area contributed by atoms with Gasteiger partial charge >= 0.3 is 5.97 Å². The van der Waals surface area contributed by atoms with Crippen molar-refractivity contribution in [1.82, 2.24) is 9.80 Å². The summed E-state index contributed by atoms with van der Waals surface area (Å²) in [4.78, 5) is 26.1. The highest BCUT2D eigenvalue weighted by atomic mass is 16.4. The minimum absolute atomic E-state index is 0.0840. The third-order valence-corrected chi connectivity index (χ3v) is 2.95. The van der Waals surface area contributed by atoms with Gasteiger partial charge in [-0.25, -0.2) is 0 Å². The molecular formula is C11H20N2O3. The molecule has 0 aromatic heterocycles. The minimum Gasteiger partial charge on any atom is -0.481 e. The first kappa shape index (κ1) is 13.0. The summed E-state index contributed by atoms with van der Waals surface area (Å²) in [7, 11) is 0. The quantitative estimate of drug-likeness (QED) is 0.740. The Balaban J connectivity index is 2.20. The molecule has 0 spiro atoms. The summed E-state index contributed by atoms with van der Waals surface area (Å²) in [5.41, 5.74) is 0. The number of piperazine rings is 1. The fourth-order valence-corrected chi connectivity index (χ4v) is 1.86. The van der Waals surface area contributed by atoms with E-state index in [-0.39, 0.29) is 12.3 Å². The number of carboxylic acid groups (broad SMARTS) is 1. The smallest absolute Gasteiger partial charge is 0.303 e. The second-order valence-corrected chi connectivity index (χ2v) is 4.06. The summed E-state index contributed by atoms with van der Waals surface area (Å²) in [6, 6.07) is 0. The van der Waals surface area contributed by atoms with Crippen molar-refractivity contribution in [2.45, 2.75) is 26.2 Å². The number of nitrogens with zero attached hydrogens (tertiary/aromatic N) is 2. The van der Waals surface area contributed by atoms with E-state index in [1.807, 2.05) is 4.90 Å². The number of carbonyl (C=O) groups excluding carboxylic acids is 1. The predicted molar refractivity (Wildman–Crippen MR) is 60.2 cm³/mol. The highest BCUT2D eigenvalue weighted by molar-refractivity contribution is 5.77. The second-order valence-electron chi connectivity index (χ2n) is 4.06. The van der Waals surface area contributed by atoms with E-state index in [2.05, 4.69) is 11.8 Å². The molecule has 1 aliphatic rings. The fraction of sp³-hybridized carbons (Fsp3) is 0.818. The molecule has 0 radical (unpaired) electrons. The standard InChI is InChI=1S/C11H20N2O3/c1-2-12-6-8-13(9-7-12)10(14)4-3-5-11(15)16/h2-9H2,1H3,(H,15,16). The van der Waals surface area contributed by atoms with E-state index in [1.54, 1.807) is 0 Å². The zero-order valence-electron chi connectivity index (χ0n) is 9.81. The molecule has 0 unspecified atom stereocenters. The molecular weight excluding hydrogens is 208 g/mol. The SMILES string of the molecule is CCN1CCN(C(=O)CCCC(=O)O)CC1. The molecule has 1 aliphatic heterocycles. The number of amides is 1. The topological polar surface area (TPSA) is 60.9 Å². The number of rotatable bonds is 5. The van der Waals surface area contributed by atoms with E-state index in [1.165, 1.54) is 0 Å². The predicted octanol–water partition coefficient (Wildman–Crippen LogP) is 0.405. The summed E-state index contributed by atoms with van der Waals surface area (Å²) in [6.45, 7) is 6.56. The molecule has 16 heavy (non-hydrogen) atoms. The molecule has 1 saturated heterocycles. The van der Waals surface area contributed by atoms with Gasteiger partial charge in [-0.05, 0) is 13.0 Å². The second kappa shape index (κ2) is 6.48. The molecule has 1 rings (SSSR count). The Morgan fingerprint density at radius 2 is 1.75 bits per heavy atom. The van der Waals surface area contributed by atoms with Gasteiger partial charge < -0.3 is 14.9 Å². The molecule has 5 heteroatoms. The zero-order valence-corrected chi connectivity index (χ0v) is 9.81. The van der Waals surface area contributed by atoms with Crippen LogP contribution in [0.25, 0.3) is 0 Å². The number of hydrogen-bond acceptors (Lipinski definition) is 3. The highest BCUT2D eigenvalue weighted by Crippen LogP contribution is 2.06. The maximum absolute atomic E-state index is 11.7. The molecule has 0 aromatic carbocycles. The highest BCUT2D eigenvalue weighted by Gasteiger charge is 2.19. The molecule has 0 aromatic rings.